The van der Waals surface area contributed by atoms with E-state index in [4.69, 9.17) is 0 Å². The van der Waals surface area contributed by atoms with Crippen LogP contribution in [-0.2, 0) is 10.2 Å². The molecule has 0 amide bonds. The number of benzene rings is 1. The van der Waals surface area contributed by atoms with Crippen LogP contribution in [0.2, 0.25) is 0 Å². The van der Waals surface area contributed by atoms with Gasteiger partial charge in [0.1, 0.15) is 5.41 Å². The van der Waals surface area contributed by atoms with Gasteiger partial charge in [-0.1, -0.05) is 30.3 Å². The summed E-state index contributed by atoms with van der Waals surface area (Å²) in [6.45, 7) is 3.09. The predicted octanol–water partition coefficient (Wildman–Crippen LogP) is 2.20. The van der Waals surface area contributed by atoms with Crippen molar-refractivity contribution in [2.45, 2.75) is 38.2 Å². The van der Waals surface area contributed by atoms with Gasteiger partial charge in [0.2, 0.25) is 0 Å². The molecule has 0 aliphatic rings. The van der Waals surface area contributed by atoms with Gasteiger partial charge in [0.05, 0.1) is 12.2 Å². The lowest BCUT2D eigenvalue weighted by Gasteiger charge is -2.24. The van der Waals surface area contributed by atoms with E-state index in [1.807, 2.05) is 18.2 Å². The van der Waals surface area contributed by atoms with Crippen molar-refractivity contribution in [2.24, 2.45) is 0 Å². The number of carbonyl (C=O) groups excluding carboxylic acids is 1. The number of ketones is 1. The van der Waals surface area contributed by atoms with E-state index >= 15 is 0 Å². The minimum absolute atomic E-state index is 0.174. The third-order valence-corrected chi connectivity index (χ3v) is 3.00. The minimum atomic E-state index is -1.13. The monoisotopic (exact) mass is 231 g/mol. The number of nitriles is 1. The van der Waals surface area contributed by atoms with Crippen LogP contribution in [0.4, 0.5) is 0 Å². The highest BCUT2D eigenvalue weighted by molar-refractivity contribution is 5.91. The summed E-state index contributed by atoms with van der Waals surface area (Å²) < 4.78 is 0. The van der Waals surface area contributed by atoms with Crippen molar-refractivity contribution in [3.8, 4) is 6.07 Å². The van der Waals surface area contributed by atoms with Crippen molar-refractivity contribution in [1.82, 2.24) is 0 Å². The van der Waals surface area contributed by atoms with Gasteiger partial charge in [0.15, 0.2) is 5.78 Å². The molecule has 1 aromatic carbocycles. The smallest absolute Gasteiger partial charge is 0.154 e. The van der Waals surface area contributed by atoms with Crippen LogP contribution in [0.1, 0.15) is 32.3 Å². The Hall–Kier alpha value is -1.66. The Morgan fingerprint density at radius 1 is 1.47 bits per heavy atom. The van der Waals surface area contributed by atoms with Crippen LogP contribution in [0.5, 0.6) is 0 Å². The van der Waals surface area contributed by atoms with E-state index in [2.05, 4.69) is 6.07 Å². The van der Waals surface area contributed by atoms with E-state index in [0.29, 0.717) is 18.4 Å². The van der Waals surface area contributed by atoms with Gasteiger partial charge in [-0.15, -0.1) is 0 Å². The fourth-order valence-electron chi connectivity index (χ4n) is 1.87. The average molecular weight is 231 g/mol. The molecule has 0 aliphatic heterocycles. The SMILES string of the molecule is CC(=O)C(C#N)(CCC(C)O)c1ccccc1. The molecule has 0 aromatic heterocycles. The van der Waals surface area contributed by atoms with Gasteiger partial charge in [-0.25, -0.2) is 0 Å². The van der Waals surface area contributed by atoms with Gasteiger partial charge >= 0.3 is 0 Å². The fourth-order valence-corrected chi connectivity index (χ4v) is 1.87. The van der Waals surface area contributed by atoms with Crippen molar-refractivity contribution in [1.29, 1.82) is 5.26 Å². The molecular weight excluding hydrogens is 214 g/mol. The molecule has 2 atom stereocenters. The second-order valence-electron chi connectivity index (χ2n) is 4.33. The van der Waals surface area contributed by atoms with Gasteiger partial charge in [-0.2, -0.15) is 5.26 Å². The highest BCUT2D eigenvalue weighted by atomic mass is 16.3. The fraction of sp³-hybridized carbons (Fsp3) is 0.429. The Kier molecular flexibility index (Phi) is 4.42. The van der Waals surface area contributed by atoms with Crippen molar-refractivity contribution in [2.75, 3.05) is 0 Å². The number of nitrogens with zero attached hydrogens (tertiary/aromatic N) is 1. The van der Waals surface area contributed by atoms with E-state index in [1.165, 1.54) is 6.92 Å². The molecule has 17 heavy (non-hydrogen) atoms. The first-order chi connectivity index (χ1) is 8.03. The molecule has 3 heteroatoms. The third kappa shape index (κ3) is 2.92. The molecule has 1 aromatic rings. The number of hydrogen-bond acceptors (Lipinski definition) is 3. The normalized spacial score (nSPS) is 15.6. The maximum Gasteiger partial charge on any atom is 0.154 e. The molecule has 0 bridgehead atoms. The summed E-state index contributed by atoms with van der Waals surface area (Å²) in [6.07, 6.45) is 0.272. The summed E-state index contributed by atoms with van der Waals surface area (Å²) >= 11 is 0. The summed E-state index contributed by atoms with van der Waals surface area (Å²) in [5.41, 5.74) is -0.422. The van der Waals surface area contributed by atoms with Crippen molar-refractivity contribution < 1.29 is 9.90 Å². The summed E-state index contributed by atoms with van der Waals surface area (Å²) in [5.74, 6) is -0.174. The van der Waals surface area contributed by atoms with Crippen LogP contribution in [0.15, 0.2) is 30.3 Å². The molecule has 0 saturated carbocycles. The highest BCUT2D eigenvalue weighted by Gasteiger charge is 2.37. The van der Waals surface area contributed by atoms with Gasteiger partial charge < -0.3 is 5.11 Å². The molecule has 0 saturated heterocycles. The van der Waals surface area contributed by atoms with E-state index in [1.54, 1.807) is 19.1 Å². The van der Waals surface area contributed by atoms with Gasteiger partial charge in [0, 0.05) is 0 Å². The van der Waals surface area contributed by atoms with Crippen molar-refractivity contribution in [3.63, 3.8) is 0 Å². The Bertz CT molecular complexity index is 420. The van der Waals surface area contributed by atoms with Crippen molar-refractivity contribution in [3.05, 3.63) is 35.9 Å². The summed E-state index contributed by atoms with van der Waals surface area (Å²) in [6, 6.07) is 11.2. The summed E-state index contributed by atoms with van der Waals surface area (Å²) in [7, 11) is 0. The Labute approximate surface area is 102 Å². The Balaban J connectivity index is 3.11. The molecule has 0 spiro atoms. The number of aliphatic hydroxyl groups is 1. The third-order valence-electron chi connectivity index (χ3n) is 3.00. The van der Waals surface area contributed by atoms with Crippen LogP contribution >= 0.6 is 0 Å². The van der Waals surface area contributed by atoms with E-state index in [-0.39, 0.29) is 5.78 Å². The maximum atomic E-state index is 11.8. The van der Waals surface area contributed by atoms with Crippen LogP contribution in [-0.4, -0.2) is 17.0 Å². The lowest BCUT2D eigenvalue weighted by atomic mass is 9.74. The quantitative estimate of drug-likeness (QED) is 0.845. The number of hydrogen-bond donors (Lipinski definition) is 1. The van der Waals surface area contributed by atoms with Crippen LogP contribution in [0.25, 0.3) is 0 Å². The van der Waals surface area contributed by atoms with Gasteiger partial charge in [-0.3, -0.25) is 4.79 Å². The van der Waals surface area contributed by atoms with E-state index in [0.717, 1.165) is 0 Å². The zero-order valence-electron chi connectivity index (χ0n) is 10.2. The van der Waals surface area contributed by atoms with E-state index < -0.39 is 11.5 Å². The van der Waals surface area contributed by atoms with E-state index in [9.17, 15) is 15.2 Å². The predicted molar refractivity (Wildman–Crippen MR) is 65.3 cm³/mol. The molecule has 0 aliphatic carbocycles. The lowest BCUT2D eigenvalue weighted by molar-refractivity contribution is -0.121. The molecular formula is C14H17NO2. The van der Waals surface area contributed by atoms with Crippen LogP contribution < -0.4 is 0 Å². The average Bonchev–Trinajstić information content (AvgIpc) is 2.31. The molecule has 1 rings (SSSR count). The second-order valence-corrected chi connectivity index (χ2v) is 4.33. The summed E-state index contributed by atoms with van der Waals surface area (Å²) in [4.78, 5) is 11.8. The minimum Gasteiger partial charge on any atom is -0.393 e. The van der Waals surface area contributed by atoms with Crippen LogP contribution in [0, 0.1) is 11.3 Å². The molecule has 3 nitrogen and oxygen atoms in total. The number of rotatable bonds is 5. The van der Waals surface area contributed by atoms with Crippen LogP contribution in [0.3, 0.4) is 0 Å². The molecule has 90 valence electrons. The zero-order chi connectivity index (χ0) is 12.9. The lowest BCUT2D eigenvalue weighted by Crippen LogP contribution is -2.33. The molecule has 0 radical (unpaired) electrons. The standard InChI is InChI=1S/C14H17NO2/c1-11(16)8-9-14(10-15,12(2)17)13-6-4-3-5-7-13/h3-7,11,16H,8-9H2,1-2H3. The second kappa shape index (κ2) is 5.60. The van der Waals surface area contributed by atoms with Gasteiger partial charge in [-0.05, 0) is 32.3 Å². The molecule has 0 fully saturated rings. The first-order valence-electron chi connectivity index (χ1n) is 5.69. The molecule has 1 N–H and O–H groups in total. The first kappa shape index (κ1) is 13.4. The Morgan fingerprint density at radius 3 is 2.47 bits per heavy atom. The summed E-state index contributed by atoms with van der Waals surface area (Å²) in [5, 5.41) is 18.7. The first-order valence-corrected chi connectivity index (χ1v) is 5.69. The Morgan fingerprint density at radius 2 is 2.06 bits per heavy atom. The number of Topliss-reactive ketones (excluding diaryl/α,β-unsaturated/α-hetero) is 1. The number of carbonyl (C=O) groups is 1. The van der Waals surface area contributed by atoms with Crippen molar-refractivity contribution >= 4 is 5.78 Å². The zero-order valence-corrected chi connectivity index (χ0v) is 10.2. The number of aliphatic hydroxyl groups excluding tert-OH is 1. The van der Waals surface area contributed by atoms with Gasteiger partial charge in [0.25, 0.3) is 0 Å². The highest BCUT2D eigenvalue weighted by Crippen LogP contribution is 2.30. The topological polar surface area (TPSA) is 61.1 Å². The largest absolute Gasteiger partial charge is 0.393 e. The maximum absolute atomic E-state index is 11.8. The molecule has 0 heterocycles. The molecule has 2 unspecified atom stereocenters.